The number of aliphatic hydroxyl groups is 1. The van der Waals surface area contributed by atoms with Crippen LogP contribution in [-0.2, 0) is 9.59 Å². The highest BCUT2D eigenvalue weighted by Crippen LogP contribution is 2.16. The third-order valence-electron chi connectivity index (χ3n) is 2.94. The summed E-state index contributed by atoms with van der Waals surface area (Å²) in [6.45, 7) is 7.83. The van der Waals surface area contributed by atoms with Crippen LogP contribution in [0.4, 0.5) is 0 Å². The Labute approximate surface area is 122 Å². The van der Waals surface area contributed by atoms with Gasteiger partial charge in [-0.15, -0.1) is 0 Å². The lowest BCUT2D eigenvalue weighted by molar-refractivity contribution is -0.140. The van der Waals surface area contributed by atoms with Crippen LogP contribution in [0.5, 0.6) is 0 Å². The van der Waals surface area contributed by atoms with Gasteiger partial charge in [-0.25, -0.2) is 4.79 Å². The average Bonchev–Trinajstić information content (AvgIpc) is 2.38. The largest absolute Gasteiger partial charge is 0.480 e. The highest BCUT2D eigenvalue weighted by atomic mass is 16.4. The van der Waals surface area contributed by atoms with E-state index in [1.807, 2.05) is 6.92 Å². The molecule has 0 aliphatic heterocycles. The minimum atomic E-state index is -1.19. The molecule has 0 rings (SSSR count). The van der Waals surface area contributed by atoms with Crippen molar-refractivity contribution < 1.29 is 19.8 Å². The molecule has 0 amide bonds. The summed E-state index contributed by atoms with van der Waals surface area (Å²) in [5.74, 6) is -0.153. The number of hydrogen-bond acceptors (Lipinski definition) is 3. The van der Waals surface area contributed by atoms with Gasteiger partial charge >= 0.3 is 5.97 Å². The van der Waals surface area contributed by atoms with Crippen LogP contribution in [0.1, 0.15) is 59.8 Å². The van der Waals surface area contributed by atoms with Crippen LogP contribution in [0.3, 0.4) is 0 Å². The van der Waals surface area contributed by atoms with E-state index in [1.165, 1.54) is 31.3 Å². The summed E-state index contributed by atoms with van der Waals surface area (Å²) in [6, 6.07) is 0. The monoisotopic (exact) mass is 286 g/mol. The second kappa shape index (κ2) is 14.3. The fraction of sp³-hybridized carbons (Fsp3) is 0.750. The van der Waals surface area contributed by atoms with Gasteiger partial charge in [0.25, 0.3) is 0 Å². The molecule has 0 radical (unpaired) electrons. The maximum atomic E-state index is 10.4. The second-order valence-electron chi connectivity index (χ2n) is 5.56. The van der Waals surface area contributed by atoms with Gasteiger partial charge in [0.15, 0.2) is 0 Å². The molecule has 0 fully saturated rings. The molecule has 0 aromatic heterocycles. The molecule has 2 atom stereocenters. The quantitative estimate of drug-likeness (QED) is 0.503. The number of carbonyl (C=O) groups is 2. The van der Waals surface area contributed by atoms with Crippen LogP contribution < -0.4 is 0 Å². The van der Waals surface area contributed by atoms with Crippen LogP contribution in [0, 0.1) is 11.8 Å². The van der Waals surface area contributed by atoms with E-state index < -0.39 is 12.6 Å². The van der Waals surface area contributed by atoms with Crippen molar-refractivity contribution in [3.8, 4) is 0 Å². The van der Waals surface area contributed by atoms with E-state index >= 15 is 0 Å². The number of carboxylic acid groups (broad SMARTS) is 1. The maximum Gasteiger partial charge on any atom is 0.329 e. The highest BCUT2D eigenvalue weighted by Gasteiger charge is 2.03. The molecule has 0 spiro atoms. The molecule has 4 nitrogen and oxygen atoms in total. The SMILES string of the molecule is CC(C)=CCCC(C)CCCC(C)C=O.O=C(O)CO. The topological polar surface area (TPSA) is 74.6 Å². The summed E-state index contributed by atoms with van der Waals surface area (Å²) in [5.41, 5.74) is 1.41. The fourth-order valence-electron chi connectivity index (χ4n) is 1.66. The third-order valence-corrected chi connectivity index (χ3v) is 2.94. The summed E-state index contributed by atoms with van der Waals surface area (Å²) in [7, 11) is 0. The van der Waals surface area contributed by atoms with Crippen molar-refractivity contribution in [2.24, 2.45) is 11.8 Å². The van der Waals surface area contributed by atoms with Gasteiger partial charge < -0.3 is 15.0 Å². The van der Waals surface area contributed by atoms with E-state index in [1.54, 1.807) is 0 Å². The van der Waals surface area contributed by atoms with Crippen molar-refractivity contribution in [1.82, 2.24) is 0 Å². The van der Waals surface area contributed by atoms with Crippen molar-refractivity contribution >= 4 is 12.3 Å². The van der Waals surface area contributed by atoms with E-state index in [2.05, 4.69) is 26.8 Å². The van der Waals surface area contributed by atoms with Crippen LogP contribution in [0.2, 0.25) is 0 Å². The summed E-state index contributed by atoms with van der Waals surface area (Å²) in [5, 5.41) is 15.0. The molecule has 4 heteroatoms. The number of aldehydes is 1. The molecule has 118 valence electrons. The molecule has 2 N–H and O–H groups in total. The predicted molar refractivity (Wildman–Crippen MR) is 81.6 cm³/mol. The van der Waals surface area contributed by atoms with E-state index in [0.717, 1.165) is 18.6 Å². The lowest BCUT2D eigenvalue weighted by Crippen LogP contribution is -1.99. The number of aliphatic hydroxyl groups excluding tert-OH is 1. The first-order valence-corrected chi connectivity index (χ1v) is 7.24. The Morgan fingerprint density at radius 2 is 1.70 bits per heavy atom. The summed E-state index contributed by atoms with van der Waals surface area (Å²) >= 11 is 0. The van der Waals surface area contributed by atoms with Crippen LogP contribution in [0.25, 0.3) is 0 Å². The van der Waals surface area contributed by atoms with Crippen molar-refractivity contribution in [3.05, 3.63) is 11.6 Å². The Kier molecular flexibility index (Phi) is 15.1. The van der Waals surface area contributed by atoms with Gasteiger partial charge in [0.05, 0.1) is 0 Å². The Hall–Kier alpha value is -1.16. The highest BCUT2D eigenvalue weighted by molar-refractivity contribution is 5.67. The van der Waals surface area contributed by atoms with Gasteiger partial charge in [0, 0.05) is 5.92 Å². The summed E-state index contributed by atoms with van der Waals surface area (Å²) < 4.78 is 0. The summed E-state index contributed by atoms with van der Waals surface area (Å²) in [6.07, 6.45) is 9.35. The Balaban J connectivity index is 0. The number of rotatable bonds is 9. The minimum Gasteiger partial charge on any atom is -0.480 e. The molecule has 0 aromatic rings. The molecule has 0 aliphatic rings. The molecule has 20 heavy (non-hydrogen) atoms. The molecule has 0 saturated carbocycles. The first-order chi connectivity index (χ1) is 9.33. The molecule has 0 heterocycles. The zero-order chi connectivity index (χ0) is 16.0. The number of carbonyl (C=O) groups excluding carboxylic acids is 1. The average molecular weight is 286 g/mol. The van der Waals surface area contributed by atoms with Gasteiger partial charge in [-0.3, -0.25) is 0 Å². The zero-order valence-electron chi connectivity index (χ0n) is 13.3. The van der Waals surface area contributed by atoms with Crippen molar-refractivity contribution in [1.29, 1.82) is 0 Å². The molecule has 2 unspecified atom stereocenters. The number of carboxylic acids is 1. The standard InChI is InChI=1S/C14H26O.C2H4O3/c1-12(2)7-5-8-13(3)9-6-10-14(4)11-15;3-1-2(4)5/h7,11,13-14H,5-6,8-10H2,1-4H3;3H,1H2,(H,4,5). The van der Waals surface area contributed by atoms with E-state index in [0.29, 0.717) is 0 Å². The minimum absolute atomic E-state index is 0.245. The molecule has 0 saturated heterocycles. The van der Waals surface area contributed by atoms with Crippen LogP contribution in [-0.4, -0.2) is 29.1 Å². The van der Waals surface area contributed by atoms with Crippen molar-refractivity contribution in [2.75, 3.05) is 6.61 Å². The van der Waals surface area contributed by atoms with Crippen LogP contribution in [0.15, 0.2) is 11.6 Å². The van der Waals surface area contributed by atoms with E-state index in [4.69, 9.17) is 15.0 Å². The molecular formula is C16H30O4. The summed E-state index contributed by atoms with van der Waals surface area (Å²) in [4.78, 5) is 19.5. The van der Waals surface area contributed by atoms with Gasteiger partial charge in [-0.1, -0.05) is 38.3 Å². The van der Waals surface area contributed by atoms with Gasteiger partial charge in [-0.05, 0) is 39.0 Å². The number of aliphatic carboxylic acids is 1. The fourth-order valence-corrected chi connectivity index (χ4v) is 1.66. The van der Waals surface area contributed by atoms with Gasteiger partial charge in [0.1, 0.15) is 12.9 Å². The van der Waals surface area contributed by atoms with Crippen molar-refractivity contribution in [3.63, 3.8) is 0 Å². The predicted octanol–water partition coefficient (Wildman–Crippen LogP) is 3.44. The maximum absolute atomic E-state index is 10.4. The Bertz CT molecular complexity index is 280. The van der Waals surface area contributed by atoms with E-state index in [9.17, 15) is 4.79 Å². The van der Waals surface area contributed by atoms with E-state index in [-0.39, 0.29) is 5.92 Å². The molecular weight excluding hydrogens is 256 g/mol. The number of allylic oxidation sites excluding steroid dienone is 2. The molecule has 0 aromatic carbocycles. The second-order valence-corrected chi connectivity index (χ2v) is 5.56. The Morgan fingerprint density at radius 3 is 2.10 bits per heavy atom. The first-order valence-electron chi connectivity index (χ1n) is 7.24. The van der Waals surface area contributed by atoms with Crippen molar-refractivity contribution in [2.45, 2.75) is 59.8 Å². The number of hydrogen-bond donors (Lipinski definition) is 2. The lowest BCUT2D eigenvalue weighted by Gasteiger charge is -2.10. The first kappa shape index (κ1) is 21.1. The van der Waals surface area contributed by atoms with Gasteiger partial charge in [-0.2, -0.15) is 0 Å². The zero-order valence-corrected chi connectivity index (χ0v) is 13.3. The Morgan fingerprint density at radius 1 is 1.15 bits per heavy atom. The van der Waals surface area contributed by atoms with Gasteiger partial charge in [0.2, 0.25) is 0 Å². The smallest absolute Gasteiger partial charge is 0.329 e. The lowest BCUT2D eigenvalue weighted by atomic mass is 9.95. The van der Waals surface area contributed by atoms with Crippen LogP contribution >= 0.6 is 0 Å². The molecule has 0 bridgehead atoms. The molecule has 0 aliphatic carbocycles. The normalized spacial score (nSPS) is 12.7. The third kappa shape index (κ3) is 19.2.